The summed E-state index contributed by atoms with van der Waals surface area (Å²) in [4.78, 5) is 8.35. The summed E-state index contributed by atoms with van der Waals surface area (Å²) in [5.41, 5.74) is 0. The summed E-state index contributed by atoms with van der Waals surface area (Å²) in [5.74, 6) is 0. The van der Waals surface area contributed by atoms with Crippen molar-refractivity contribution in [2.75, 3.05) is 0 Å². The minimum atomic E-state index is 0. The zero-order valence-electron chi connectivity index (χ0n) is 1.91. The number of isocyanates is 1. The van der Waals surface area contributed by atoms with Gasteiger partial charge in [0.25, 0.3) is 0 Å². The van der Waals surface area contributed by atoms with Crippen LogP contribution in [0.15, 0.2) is 0 Å². The highest BCUT2D eigenvalue weighted by Crippen LogP contribution is 0.868. The van der Waals surface area contributed by atoms with Crippen LogP contribution in [0.4, 0.5) is 0 Å². The van der Waals surface area contributed by atoms with Crippen LogP contribution >= 0.6 is 0 Å². The van der Waals surface area contributed by atoms with E-state index in [9.17, 15) is 0 Å². The van der Waals surface area contributed by atoms with E-state index >= 15 is 0 Å². The third kappa shape index (κ3) is 0.356. The molecule has 0 spiro atoms. The maximum absolute atomic E-state index is 8.35. The summed E-state index contributed by atoms with van der Waals surface area (Å²) < 4.78 is 0. The average molecular weight is 61.0 g/mol. The summed E-state index contributed by atoms with van der Waals surface area (Å²) in [7, 11) is 0. The second kappa shape index (κ2) is 36.3. The van der Waals surface area contributed by atoms with Crippen LogP contribution in [0.5, 0.6) is 0 Å². The molecular weight excluding hydrogens is 58.0 g/mol. The van der Waals surface area contributed by atoms with Gasteiger partial charge in [-0.15, -0.1) is 0 Å². The average Bonchev–Trinajstić information content (AvgIpc) is 0.918. The molecule has 0 heterocycles. The molecule has 0 aliphatic heterocycles. The zero-order chi connectivity index (χ0) is 2.71. The van der Waals surface area contributed by atoms with Gasteiger partial charge in [0, 0.05) is 0 Å². The second-order valence-corrected chi connectivity index (χ2v) is 0.102. The molecule has 0 aromatic carbocycles. The molecule has 24 valence electrons. The molecule has 0 aromatic heterocycles. The third-order valence-corrected chi connectivity index (χ3v) is 0. The molecular formula is CH3NO2. The first-order valence-corrected chi connectivity index (χ1v) is 0.454. The fourth-order valence-electron chi connectivity index (χ4n) is 0. The van der Waals surface area contributed by atoms with Crippen molar-refractivity contribution in [2.24, 2.45) is 0 Å². The van der Waals surface area contributed by atoms with Gasteiger partial charge in [-0.25, -0.2) is 10.2 Å². The van der Waals surface area contributed by atoms with Crippen molar-refractivity contribution in [1.29, 1.82) is 5.41 Å². The van der Waals surface area contributed by atoms with Crippen molar-refractivity contribution in [2.45, 2.75) is 0 Å². The lowest BCUT2D eigenvalue weighted by Gasteiger charge is -1.02. The Balaban J connectivity index is 0. The molecule has 0 aliphatic rings. The van der Waals surface area contributed by atoms with Gasteiger partial charge in [-0.2, -0.15) is 0 Å². The van der Waals surface area contributed by atoms with Crippen molar-refractivity contribution in [1.82, 2.24) is 0 Å². The molecule has 0 aromatic rings. The van der Waals surface area contributed by atoms with Gasteiger partial charge < -0.3 is 5.48 Å². The first kappa shape index (κ1) is 10.2. The highest BCUT2D eigenvalue weighted by molar-refractivity contribution is 5.26. The highest BCUT2D eigenvalue weighted by atomic mass is 16.1. The Kier molecular flexibility index (Phi) is 92.5. The first-order chi connectivity index (χ1) is 1.41. The molecule has 4 heavy (non-hydrogen) atoms. The zero-order valence-corrected chi connectivity index (χ0v) is 1.91. The van der Waals surface area contributed by atoms with E-state index in [1.807, 2.05) is 0 Å². The second-order valence-electron chi connectivity index (χ2n) is 0.102. The molecule has 0 unspecified atom stereocenters. The summed E-state index contributed by atoms with van der Waals surface area (Å²) >= 11 is 0. The van der Waals surface area contributed by atoms with Crippen LogP contribution in [0.25, 0.3) is 0 Å². The Hall–Kier alpha value is -0.660. The van der Waals surface area contributed by atoms with Crippen LogP contribution in [0.1, 0.15) is 0 Å². The van der Waals surface area contributed by atoms with Gasteiger partial charge in [0.05, 0.1) is 0 Å². The van der Waals surface area contributed by atoms with Gasteiger partial charge in [-0.1, -0.05) is 0 Å². The number of nitrogens with one attached hydrogen (secondary N) is 1. The van der Waals surface area contributed by atoms with Gasteiger partial charge in [-0.3, -0.25) is 0 Å². The Labute approximate surface area is 23.1 Å². The summed E-state index contributed by atoms with van der Waals surface area (Å²) in [6, 6.07) is 0. The third-order valence-electron chi connectivity index (χ3n) is 0. The van der Waals surface area contributed by atoms with Gasteiger partial charge in [-0.05, 0) is 0 Å². The van der Waals surface area contributed by atoms with E-state index in [0.29, 0.717) is 0 Å². The van der Waals surface area contributed by atoms with E-state index in [2.05, 4.69) is 0 Å². The van der Waals surface area contributed by atoms with E-state index in [1.54, 1.807) is 0 Å². The minimum absolute atomic E-state index is 0. The predicted molar refractivity (Wildman–Crippen MR) is 12.0 cm³/mol. The lowest BCUT2D eigenvalue weighted by Crippen LogP contribution is -1.16. The normalized spacial score (nSPS) is 2.00. The molecule has 0 amide bonds. The van der Waals surface area contributed by atoms with E-state index in [1.165, 1.54) is 0 Å². The van der Waals surface area contributed by atoms with Crippen LogP contribution in [-0.2, 0) is 4.79 Å². The lowest BCUT2D eigenvalue weighted by atomic mass is 11.7. The number of hydrogen-bond donors (Lipinski definition) is 1. The van der Waals surface area contributed by atoms with E-state index in [0.717, 1.165) is 6.08 Å². The molecule has 3 N–H and O–H groups in total. The quantitative estimate of drug-likeness (QED) is 0.285. The number of hydrogen-bond acceptors (Lipinski definition) is 2. The van der Waals surface area contributed by atoms with Crippen molar-refractivity contribution in [3.63, 3.8) is 0 Å². The van der Waals surface area contributed by atoms with Gasteiger partial charge in [0.1, 0.15) is 0 Å². The van der Waals surface area contributed by atoms with E-state index in [-0.39, 0.29) is 5.48 Å². The molecule has 0 fully saturated rings. The molecule has 0 aliphatic carbocycles. The Morgan fingerprint density at radius 3 is 1.75 bits per heavy atom. The van der Waals surface area contributed by atoms with Crippen molar-refractivity contribution >= 4 is 6.08 Å². The number of carbonyl (C=O) groups excluding carboxylic acids is 1. The maximum Gasteiger partial charge on any atom is 0.231 e. The predicted octanol–water partition coefficient (Wildman–Crippen LogP) is -0.924. The molecule has 0 radical (unpaired) electrons. The van der Waals surface area contributed by atoms with Crippen LogP contribution < -0.4 is 0 Å². The molecule has 0 saturated carbocycles. The standard InChI is InChI=1S/CHNO.H2O/c2-1-3;/h2H;1H2. The lowest BCUT2D eigenvalue weighted by molar-refractivity contribution is 0.563. The fourth-order valence-corrected chi connectivity index (χ4v) is 0. The monoisotopic (exact) mass is 61.0 g/mol. The van der Waals surface area contributed by atoms with Crippen LogP contribution in [0, 0.1) is 5.41 Å². The SMILES string of the molecule is N=C=O.O. The Bertz CT molecular complexity index is 27.0. The van der Waals surface area contributed by atoms with Crippen molar-refractivity contribution < 1.29 is 10.3 Å². The fraction of sp³-hybridized carbons (Fsp3) is 0. The van der Waals surface area contributed by atoms with Crippen LogP contribution in [-0.4, -0.2) is 11.6 Å². The Morgan fingerprint density at radius 1 is 1.75 bits per heavy atom. The van der Waals surface area contributed by atoms with E-state index in [4.69, 9.17) is 10.2 Å². The highest BCUT2D eigenvalue weighted by Gasteiger charge is 1.03. The topological polar surface area (TPSA) is 72.4 Å². The molecule has 3 heteroatoms. The smallest absolute Gasteiger partial charge is 0.231 e. The van der Waals surface area contributed by atoms with Crippen molar-refractivity contribution in [3.8, 4) is 0 Å². The van der Waals surface area contributed by atoms with Gasteiger partial charge >= 0.3 is 0 Å². The number of rotatable bonds is 0. The van der Waals surface area contributed by atoms with Crippen molar-refractivity contribution in [3.05, 3.63) is 0 Å². The van der Waals surface area contributed by atoms with Gasteiger partial charge in [0.2, 0.25) is 6.08 Å². The van der Waals surface area contributed by atoms with Crippen LogP contribution in [0.2, 0.25) is 0 Å². The first-order valence-electron chi connectivity index (χ1n) is 0.454. The summed E-state index contributed by atoms with van der Waals surface area (Å²) in [5, 5.41) is 5.40. The summed E-state index contributed by atoms with van der Waals surface area (Å²) in [6.07, 6.45) is 0.750. The molecule has 0 saturated heterocycles. The molecule has 3 nitrogen and oxygen atoms in total. The summed E-state index contributed by atoms with van der Waals surface area (Å²) in [6.45, 7) is 0. The van der Waals surface area contributed by atoms with E-state index < -0.39 is 0 Å². The Morgan fingerprint density at radius 2 is 1.75 bits per heavy atom. The maximum atomic E-state index is 8.35. The largest absolute Gasteiger partial charge is 0.412 e. The molecule has 0 bridgehead atoms. The molecule has 0 rings (SSSR count). The molecule has 0 atom stereocenters. The minimum Gasteiger partial charge on any atom is -0.412 e. The van der Waals surface area contributed by atoms with Gasteiger partial charge in [0.15, 0.2) is 0 Å². The van der Waals surface area contributed by atoms with Crippen LogP contribution in [0.3, 0.4) is 0 Å².